The maximum Gasteiger partial charge on any atom is 0.327 e. The quantitative estimate of drug-likeness (QED) is 0.634. The Labute approximate surface area is 124 Å². The van der Waals surface area contributed by atoms with Crippen molar-refractivity contribution < 1.29 is 9.31 Å². The molecule has 0 atom stereocenters. The van der Waals surface area contributed by atoms with Crippen molar-refractivity contribution in [2.45, 2.75) is 6.92 Å². The van der Waals surface area contributed by atoms with Crippen LogP contribution in [0.1, 0.15) is 5.56 Å². The van der Waals surface area contributed by atoms with Gasteiger partial charge in [-0.2, -0.15) is 4.39 Å². The number of hydrogen-bond acceptors (Lipinski definition) is 3. The first-order valence-corrected chi connectivity index (χ1v) is 6.31. The Bertz CT molecular complexity index is 692. The standard InChI is InChI=1S/C13H9Cl2FN2O2/c1-7-5-9(15)12(6-8(7)14)17-11-4-2-3-10(16)13(11)18(19)20/h2-6,17H,1H3. The number of nitro benzene ring substituents is 1. The number of nitro groups is 1. The Morgan fingerprint density at radius 3 is 2.55 bits per heavy atom. The first kappa shape index (κ1) is 14.6. The van der Waals surface area contributed by atoms with Gasteiger partial charge in [-0.3, -0.25) is 10.1 Å². The van der Waals surface area contributed by atoms with Crippen molar-refractivity contribution in [1.82, 2.24) is 0 Å². The molecule has 20 heavy (non-hydrogen) atoms. The summed E-state index contributed by atoms with van der Waals surface area (Å²) in [6, 6.07) is 6.94. The fourth-order valence-electron chi connectivity index (χ4n) is 1.69. The summed E-state index contributed by atoms with van der Waals surface area (Å²) in [4.78, 5) is 10.1. The summed E-state index contributed by atoms with van der Waals surface area (Å²) in [5, 5.41) is 14.4. The predicted molar refractivity (Wildman–Crippen MR) is 77.5 cm³/mol. The topological polar surface area (TPSA) is 55.2 Å². The Morgan fingerprint density at radius 2 is 1.90 bits per heavy atom. The lowest BCUT2D eigenvalue weighted by Crippen LogP contribution is -2.00. The highest BCUT2D eigenvalue weighted by molar-refractivity contribution is 6.35. The highest BCUT2D eigenvalue weighted by atomic mass is 35.5. The molecule has 0 aliphatic rings. The molecule has 0 radical (unpaired) electrons. The minimum atomic E-state index is -0.922. The summed E-state index contributed by atoms with van der Waals surface area (Å²) in [5.41, 5.74) is 0.518. The lowest BCUT2D eigenvalue weighted by Gasteiger charge is -2.11. The second kappa shape index (κ2) is 5.64. The average Bonchev–Trinajstić information content (AvgIpc) is 2.35. The average molecular weight is 315 g/mol. The van der Waals surface area contributed by atoms with Crippen LogP contribution in [0.3, 0.4) is 0 Å². The van der Waals surface area contributed by atoms with Crippen molar-refractivity contribution in [2.24, 2.45) is 0 Å². The molecular weight excluding hydrogens is 306 g/mol. The fourth-order valence-corrected chi connectivity index (χ4v) is 2.12. The van der Waals surface area contributed by atoms with Gasteiger partial charge in [0.2, 0.25) is 5.82 Å². The molecule has 0 spiro atoms. The zero-order valence-corrected chi connectivity index (χ0v) is 11.8. The summed E-state index contributed by atoms with van der Waals surface area (Å²) in [6.07, 6.45) is 0. The van der Waals surface area contributed by atoms with Gasteiger partial charge in [0.05, 0.1) is 15.6 Å². The van der Waals surface area contributed by atoms with Gasteiger partial charge in [0, 0.05) is 5.02 Å². The second-order valence-electron chi connectivity index (χ2n) is 4.10. The van der Waals surface area contributed by atoms with Crippen LogP contribution in [0, 0.1) is 22.9 Å². The maximum atomic E-state index is 13.5. The molecule has 2 aromatic rings. The van der Waals surface area contributed by atoms with E-state index >= 15 is 0 Å². The molecule has 2 rings (SSSR count). The van der Waals surface area contributed by atoms with Crippen LogP contribution in [0.5, 0.6) is 0 Å². The van der Waals surface area contributed by atoms with Crippen LogP contribution in [-0.2, 0) is 0 Å². The van der Waals surface area contributed by atoms with Gasteiger partial charge in [-0.05, 0) is 36.8 Å². The molecule has 0 heterocycles. The molecule has 1 N–H and O–H groups in total. The van der Waals surface area contributed by atoms with Gasteiger partial charge < -0.3 is 5.32 Å². The number of nitrogens with zero attached hydrogens (tertiary/aromatic N) is 1. The Kier molecular flexibility index (Phi) is 4.11. The Balaban J connectivity index is 2.48. The SMILES string of the molecule is Cc1cc(Cl)c(Nc2cccc(F)c2[N+](=O)[O-])cc1Cl. The monoisotopic (exact) mass is 314 g/mol. The predicted octanol–water partition coefficient (Wildman–Crippen LogP) is 5.09. The van der Waals surface area contributed by atoms with Crippen molar-refractivity contribution in [3.8, 4) is 0 Å². The highest BCUT2D eigenvalue weighted by Gasteiger charge is 2.20. The van der Waals surface area contributed by atoms with E-state index in [-0.39, 0.29) is 5.69 Å². The van der Waals surface area contributed by atoms with E-state index in [1.54, 1.807) is 13.0 Å². The van der Waals surface area contributed by atoms with Crippen LogP contribution in [0.25, 0.3) is 0 Å². The van der Waals surface area contributed by atoms with Gasteiger partial charge >= 0.3 is 5.69 Å². The summed E-state index contributed by atoms with van der Waals surface area (Å²) in [7, 11) is 0. The highest BCUT2D eigenvalue weighted by Crippen LogP contribution is 2.35. The number of nitrogens with one attached hydrogen (secondary N) is 1. The normalized spacial score (nSPS) is 10.4. The molecule has 7 heteroatoms. The lowest BCUT2D eigenvalue weighted by molar-refractivity contribution is -0.386. The van der Waals surface area contributed by atoms with E-state index in [2.05, 4.69) is 5.32 Å². The van der Waals surface area contributed by atoms with E-state index in [0.29, 0.717) is 15.7 Å². The van der Waals surface area contributed by atoms with Gasteiger partial charge in [-0.1, -0.05) is 29.3 Å². The number of para-hydroxylation sites is 1. The third-order valence-electron chi connectivity index (χ3n) is 2.69. The van der Waals surface area contributed by atoms with Crippen LogP contribution in [0.2, 0.25) is 10.0 Å². The van der Waals surface area contributed by atoms with Crippen LogP contribution < -0.4 is 5.32 Å². The molecule has 0 fully saturated rings. The third-order valence-corrected chi connectivity index (χ3v) is 3.41. The molecule has 0 amide bonds. The lowest BCUT2D eigenvalue weighted by atomic mass is 10.2. The van der Waals surface area contributed by atoms with Crippen molar-refractivity contribution in [3.63, 3.8) is 0 Å². The number of rotatable bonds is 3. The van der Waals surface area contributed by atoms with Gasteiger partial charge in [0.25, 0.3) is 0 Å². The van der Waals surface area contributed by atoms with Crippen molar-refractivity contribution in [1.29, 1.82) is 0 Å². The molecule has 0 saturated heterocycles. The molecule has 104 valence electrons. The number of hydrogen-bond donors (Lipinski definition) is 1. The van der Waals surface area contributed by atoms with E-state index < -0.39 is 16.4 Å². The third kappa shape index (κ3) is 2.84. The molecular formula is C13H9Cl2FN2O2. The molecule has 0 aliphatic carbocycles. The first-order chi connectivity index (χ1) is 9.40. The van der Waals surface area contributed by atoms with Crippen LogP contribution in [0.4, 0.5) is 21.5 Å². The summed E-state index contributed by atoms with van der Waals surface area (Å²) >= 11 is 12.0. The van der Waals surface area contributed by atoms with Crippen molar-refractivity contribution in [2.75, 3.05) is 5.32 Å². The van der Waals surface area contributed by atoms with Gasteiger partial charge in [0.15, 0.2) is 0 Å². The van der Waals surface area contributed by atoms with Gasteiger partial charge in [0.1, 0.15) is 5.69 Å². The molecule has 0 saturated carbocycles. The van der Waals surface area contributed by atoms with E-state index in [0.717, 1.165) is 11.6 Å². The van der Waals surface area contributed by atoms with Crippen molar-refractivity contribution >= 4 is 40.3 Å². The molecule has 2 aromatic carbocycles. The summed E-state index contributed by atoms with van der Waals surface area (Å²) in [6.45, 7) is 1.78. The molecule has 0 bridgehead atoms. The van der Waals surface area contributed by atoms with Crippen LogP contribution in [0.15, 0.2) is 30.3 Å². The van der Waals surface area contributed by atoms with Crippen LogP contribution in [-0.4, -0.2) is 4.92 Å². The van der Waals surface area contributed by atoms with E-state index in [9.17, 15) is 14.5 Å². The Hall–Kier alpha value is -1.85. The minimum absolute atomic E-state index is 0.0109. The maximum absolute atomic E-state index is 13.5. The zero-order valence-electron chi connectivity index (χ0n) is 10.3. The van der Waals surface area contributed by atoms with E-state index in [4.69, 9.17) is 23.2 Å². The summed E-state index contributed by atoms with van der Waals surface area (Å²) < 4.78 is 13.5. The van der Waals surface area contributed by atoms with Gasteiger partial charge in [-0.25, -0.2) is 0 Å². The van der Waals surface area contributed by atoms with Crippen LogP contribution >= 0.6 is 23.2 Å². The fraction of sp³-hybridized carbons (Fsp3) is 0.0769. The molecule has 0 aromatic heterocycles. The molecule has 0 unspecified atom stereocenters. The summed E-state index contributed by atoms with van der Waals surface area (Å²) in [5.74, 6) is -0.922. The largest absolute Gasteiger partial charge is 0.349 e. The number of halogens is 3. The molecule has 4 nitrogen and oxygen atoms in total. The van der Waals surface area contributed by atoms with E-state index in [1.165, 1.54) is 18.2 Å². The minimum Gasteiger partial charge on any atom is -0.349 e. The van der Waals surface area contributed by atoms with Crippen molar-refractivity contribution in [3.05, 3.63) is 61.9 Å². The number of anilines is 2. The smallest absolute Gasteiger partial charge is 0.327 e. The second-order valence-corrected chi connectivity index (χ2v) is 4.91. The zero-order chi connectivity index (χ0) is 14.9. The molecule has 0 aliphatic heterocycles. The number of aryl methyl sites for hydroxylation is 1. The van der Waals surface area contributed by atoms with E-state index in [1.807, 2.05) is 0 Å². The van der Waals surface area contributed by atoms with Gasteiger partial charge in [-0.15, -0.1) is 0 Å². The first-order valence-electron chi connectivity index (χ1n) is 5.55. The Morgan fingerprint density at radius 1 is 1.20 bits per heavy atom. The number of benzene rings is 2.